The maximum Gasteiger partial charge on any atom is 0.270 e. The van der Waals surface area contributed by atoms with Crippen LogP contribution in [-0.2, 0) is 0 Å². The van der Waals surface area contributed by atoms with E-state index in [0.29, 0.717) is 10.8 Å². The van der Waals surface area contributed by atoms with E-state index in [1.165, 1.54) is 12.3 Å². The number of carbonyl (C=O) groups is 1. The zero-order chi connectivity index (χ0) is 13.1. The second-order valence-corrected chi connectivity index (χ2v) is 4.44. The van der Waals surface area contributed by atoms with Gasteiger partial charge in [0, 0.05) is 11.2 Å². The number of hydrogen-bond acceptors (Lipinski definition) is 3. The van der Waals surface area contributed by atoms with Gasteiger partial charge in [-0.1, -0.05) is 11.6 Å². The van der Waals surface area contributed by atoms with E-state index in [4.69, 9.17) is 16.0 Å². The molecule has 1 amide bonds. The number of pyridine rings is 1. The summed E-state index contributed by atoms with van der Waals surface area (Å²) in [5, 5.41) is 3.28. The largest absolute Gasteiger partial charge is 0.464 e. The third-order valence-corrected chi connectivity index (χ3v) is 2.73. The highest BCUT2D eigenvalue weighted by atomic mass is 35.5. The van der Waals surface area contributed by atoms with Gasteiger partial charge in [-0.25, -0.2) is 0 Å². The van der Waals surface area contributed by atoms with Crippen LogP contribution in [0.15, 0.2) is 34.9 Å². The molecule has 0 saturated heterocycles. The minimum atomic E-state index is -0.279. The zero-order valence-corrected chi connectivity index (χ0v) is 10.9. The van der Waals surface area contributed by atoms with Crippen LogP contribution in [0.5, 0.6) is 0 Å². The molecule has 0 spiro atoms. The number of amides is 1. The summed E-state index contributed by atoms with van der Waals surface area (Å²) in [5.41, 5.74) is 0.289. The van der Waals surface area contributed by atoms with Gasteiger partial charge in [-0.15, -0.1) is 0 Å². The molecular weight excluding hydrogens is 252 g/mol. The molecule has 0 fully saturated rings. The van der Waals surface area contributed by atoms with Crippen LogP contribution >= 0.6 is 11.6 Å². The van der Waals surface area contributed by atoms with Gasteiger partial charge in [0.1, 0.15) is 17.2 Å². The fraction of sp³-hybridized carbons (Fsp3) is 0.231. The highest BCUT2D eigenvalue weighted by Crippen LogP contribution is 2.16. The van der Waals surface area contributed by atoms with E-state index in [9.17, 15) is 4.79 Å². The van der Waals surface area contributed by atoms with E-state index >= 15 is 0 Å². The number of nitrogens with one attached hydrogen (secondary N) is 1. The molecule has 0 aromatic carbocycles. The molecule has 0 radical (unpaired) electrons. The fourth-order valence-corrected chi connectivity index (χ4v) is 1.72. The first-order valence-electron chi connectivity index (χ1n) is 5.55. The lowest BCUT2D eigenvalue weighted by Gasteiger charge is -2.11. The number of aromatic nitrogens is 1. The van der Waals surface area contributed by atoms with Crippen LogP contribution in [0.3, 0.4) is 0 Å². The summed E-state index contributed by atoms with van der Waals surface area (Å²) >= 11 is 5.81. The third-order valence-electron chi connectivity index (χ3n) is 2.49. The number of aryl methyl sites for hydroxylation is 1. The molecule has 0 aliphatic carbocycles. The molecule has 0 aliphatic rings. The first-order valence-corrected chi connectivity index (χ1v) is 5.93. The summed E-state index contributed by atoms with van der Waals surface area (Å²) in [7, 11) is 0. The molecule has 5 heteroatoms. The maximum absolute atomic E-state index is 11.9. The highest BCUT2D eigenvalue weighted by molar-refractivity contribution is 6.30. The van der Waals surface area contributed by atoms with Crippen molar-refractivity contribution < 1.29 is 9.21 Å². The van der Waals surface area contributed by atoms with Crippen LogP contribution in [0.4, 0.5) is 0 Å². The summed E-state index contributed by atoms with van der Waals surface area (Å²) in [4.78, 5) is 15.9. The van der Waals surface area contributed by atoms with E-state index in [2.05, 4.69) is 10.3 Å². The van der Waals surface area contributed by atoms with E-state index in [1.54, 1.807) is 6.07 Å². The van der Waals surface area contributed by atoms with Gasteiger partial charge in [0.15, 0.2) is 0 Å². The maximum atomic E-state index is 11.9. The van der Waals surface area contributed by atoms with Crippen molar-refractivity contribution in [2.24, 2.45) is 0 Å². The first kappa shape index (κ1) is 12.6. The van der Waals surface area contributed by atoms with Gasteiger partial charge in [-0.2, -0.15) is 0 Å². The van der Waals surface area contributed by atoms with Crippen molar-refractivity contribution in [2.75, 3.05) is 0 Å². The van der Waals surface area contributed by atoms with Crippen molar-refractivity contribution in [3.05, 3.63) is 52.7 Å². The Morgan fingerprint density at radius 3 is 2.83 bits per heavy atom. The standard InChI is InChI=1S/C13H13ClN2O2/c1-8-3-4-12(18-8)9(2)16-13(17)11-7-10(14)5-6-15-11/h3-7,9H,1-2H3,(H,16,17). The van der Waals surface area contributed by atoms with Gasteiger partial charge in [0.05, 0.1) is 6.04 Å². The minimum Gasteiger partial charge on any atom is -0.464 e. The molecule has 18 heavy (non-hydrogen) atoms. The van der Waals surface area contributed by atoms with Crippen LogP contribution in [-0.4, -0.2) is 10.9 Å². The number of rotatable bonds is 3. The van der Waals surface area contributed by atoms with Crippen LogP contribution in [0, 0.1) is 6.92 Å². The summed E-state index contributed by atoms with van der Waals surface area (Å²) in [6.07, 6.45) is 1.50. The number of carbonyl (C=O) groups excluding carboxylic acids is 1. The number of nitrogens with zero attached hydrogens (tertiary/aromatic N) is 1. The van der Waals surface area contributed by atoms with Gasteiger partial charge in [0.2, 0.25) is 0 Å². The Bertz CT molecular complexity index is 566. The Labute approximate surface area is 110 Å². The van der Waals surface area contributed by atoms with Gasteiger partial charge in [-0.05, 0) is 38.1 Å². The minimum absolute atomic E-state index is 0.216. The van der Waals surface area contributed by atoms with Gasteiger partial charge >= 0.3 is 0 Å². The van der Waals surface area contributed by atoms with Crippen molar-refractivity contribution in [1.82, 2.24) is 10.3 Å². The Morgan fingerprint density at radius 1 is 1.44 bits per heavy atom. The fourth-order valence-electron chi connectivity index (χ4n) is 1.56. The normalized spacial score (nSPS) is 12.2. The molecule has 0 bridgehead atoms. The van der Waals surface area contributed by atoms with Crippen LogP contribution in [0.2, 0.25) is 5.02 Å². The van der Waals surface area contributed by atoms with Gasteiger partial charge in [0.25, 0.3) is 5.91 Å². The van der Waals surface area contributed by atoms with E-state index in [0.717, 1.165) is 5.76 Å². The molecule has 1 N–H and O–H groups in total. The molecule has 2 aromatic heterocycles. The van der Waals surface area contributed by atoms with Crippen molar-refractivity contribution >= 4 is 17.5 Å². The van der Waals surface area contributed by atoms with E-state index in [-0.39, 0.29) is 17.6 Å². The van der Waals surface area contributed by atoms with Gasteiger partial charge < -0.3 is 9.73 Å². The Hall–Kier alpha value is -1.81. The molecule has 1 unspecified atom stereocenters. The Morgan fingerprint density at radius 2 is 2.22 bits per heavy atom. The first-order chi connectivity index (χ1) is 8.56. The van der Waals surface area contributed by atoms with Gasteiger partial charge in [-0.3, -0.25) is 9.78 Å². The molecule has 2 aromatic rings. The van der Waals surface area contributed by atoms with Crippen molar-refractivity contribution in [3.63, 3.8) is 0 Å². The average molecular weight is 265 g/mol. The monoisotopic (exact) mass is 264 g/mol. The summed E-state index contributed by atoms with van der Waals surface area (Å²) in [6, 6.07) is 6.63. The van der Waals surface area contributed by atoms with Crippen molar-refractivity contribution in [2.45, 2.75) is 19.9 Å². The number of furan rings is 1. The molecule has 0 aliphatic heterocycles. The molecule has 4 nitrogen and oxygen atoms in total. The molecule has 0 saturated carbocycles. The van der Waals surface area contributed by atoms with Crippen LogP contribution in [0.25, 0.3) is 0 Å². The second-order valence-electron chi connectivity index (χ2n) is 4.00. The third kappa shape index (κ3) is 2.90. The summed E-state index contributed by atoms with van der Waals surface area (Å²) < 4.78 is 5.44. The molecule has 2 heterocycles. The average Bonchev–Trinajstić information content (AvgIpc) is 2.76. The lowest BCUT2D eigenvalue weighted by Crippen LogP contribution is -2.27. The van der Waals surface area contributed by atoms with Crippen molar-refractivity contribution in [1.29, 1.82) is 0 Å². The van der Waals surface area contributed by atoms with E-state index < -0.39 is 0 Å². The molecule has 2 rings (SSSR count). The zero-order valence-electron chi connectivity index (χ0n) is 10.1. The predicted octanol–water partition coefficient (Wildman–Crippen LogP) is 3.13. The number of halogens is 1. The Balaban J connectivity index is 2.08. The second kappa shape index (κ2) is 5.23. The summed E-state index contributed by atoms with van der Waals surface area (Å²) in [6.45, 7) is 3.71. The smallest absolute Gasteiger partial charge is 0.270 e. The lowest BCUT2D eigenvalue weighted by molar-refractivity contribution is 0.0930. The molecule has 94 valence electrons. The van der Waals surface area contributed by atoms with E-state index in [1.807, 2.05) is 26.0 Å². The van der Waals surface area contributed by atoms with Crippen LogP contribution in [0.1, 0.15) is 35.0 Å². The van der Waals surface area contributed by atoms with Crippen LogP contribution < -0.4 is 5.32 Å². The summed E-state index contributed by atoms with van der Waals surface area (Å²) in [5.74, 6) is 1.24. The molecular formula is C13H13ClN2O2. The lowest BCUT2D eigenvalue weighted by atomic mass is 10.2. The highest BCUT2D eigenvalue weighted by Gasteiger charge is 2.15. The number of hydrogen-bond donors (Lipinski definition) is 1. The molecule has 1 atom stereocenters. The predicted molar refractivity (Wildman–Crippen MR) is 68.6 cm³/mol. The topological polar surface area (TPSA) is 55.1 Å². The quantitative estimate of drug-likeness (QED) is 0.927. The van der Waals surface area contributed by atoms with Crippen molar-refractivity contribution in [3.8, 4) is 0 Å². The SMILES string of the molecule is Cc1ccc(C(C)NC(=O)c2cc(Cl)ccn2)o1. The Kier molecular flexibility index (Phi) is 3.67.